The molecule has 2 amide bonds. The molecule has 0 saturated heterocycles. The molecule has 3 N–H and O–H groups in total. The summed E-state index contributed by atoms with van der Waals surface area (Å²) < 4.78 is 27.5. The number of carbonyl (C=O) groups excluding carboxylic acids is 2. The third-order valence-corrected chi connectivity index (χ3v) is 5.02. The lowest BCUT2D eigenvalue weighted by Gasteiger charge is -2.07. The molecule has 3 aromatic rings. The quantitative estimate of drug-likeness (QED) is 0.657. The van der Waals surface area contributed by atoms with Crippen LogP contribution in [0.5, 0.6) is 0 Å². The molecular weight excluding hydrogens is 384 g/mol. The number of amides is 2. The zero-order valence-corrected chi connectivity index (χ0v) is 15.9. The van der Waals surface area contributed by atoms with Crippen LogP contribution in [0, 0.1) is 11.6 Å². The van der Waals surface area contributed by atoms with Crippen LogP contribution in [-0.4, -0.2) is 16.8 Å². The van der Waals surface area contributed by atoms with Crippen LogP contribution in [0.3, 0.4) is 0 Å². The van der Waals surface area contributed by atoms with Crippen molar-refractivity contribution in [1.29, 1.82) is 0 Å². The molecule has 0 aliphatic rings. The number of nitrogens with zero attached hydrogens (tertiary/aromatic N) is 1. The van der Waals surface area contributed by atoms with Gasteiger partial charge in [0, 0.05) is 17.0 Å². The molecule has 8 heteroatoms. The van der Waals surface area contributed by atoms with Crippen LogP contribution in [0.15, 0.2) is 41.8 Å². The van der Waals surface area contributed by atoms with Gasteiger partial charge in [-0.2, -0.15) is 0 Å². The Morgan fingerprint density at radius 1 is 1.11 bits per heavy atom. The average molecular weight is 401 g/mol. The highest BCUT2D eigenvalue weighted by Gasteiger charge is 2.18. The fourth-order valence-corrected chi connectivity index (χ4v) is 3.35. The number of hydrogen-bond donors (Lipinski definition) is 2. The number of anilines is 1. The number of nitrogens with one attached hydrogen (secondary N) is 1. The molecule has 0 bridgehead atoms. The van der Waals surface area contributed by atoms with Crippen molar-refractivity contribution in [2.24, 2.45) is 5.73 Å². The van der Waals surface area contributed by atoms with E-state index in [9.17, 15) is 18.4 Å². The molecule has 0 fully saturated rings. The zero-order valence-electron chi connectivity index (χ0n) is 15.1. The number of halogens is 2. The SMILES string of the molecule is CC(C)c1ccc(-c2nc(C(=O)Nc3cc(C(N)=O)c(F)cc3F)cs2)cc1. The minimum atomic E-state index is -1.09. The Morgan fingerprint density at radius 3 is 2.39 bits per heavy atom. The minimum Gasteiger partial charge on any atom is -0.366 e. The summed E-state index contributed by atoms with van der Waals surface area (Å²) in [5.74, 6) is -3.45. The highest BCUT2D eigenvalue weighted by atomic mass is 32.1. The highest BCUT2D eigenvalue weighted by molar-refractivity contribution is 7.13. The van der Waals surface area contributed by atoms with E-state index in [1.807, 2.05) is 24.3 Å². The molecule has 5 nitrogen and oxygen atoms in total. The van der Waals surface area contributed by atoms with E-state index in [0.717, 1.165) is 11.6 Å². The normalized spacial score (nSPS) is 10.9. The Bertz CT molecular complexity index is 1050. The summed E-state index contributed by atoms with van der Waals surface area (Å²) in [6.07, 6.45) is 0. The van der Waals surface area contributed by atoms with Gasteiger partial charge in [-0.25, -0.2) is 13.8 Å². The fraction of sp³-hybridized carbons (Fsp3) is 0.150. The number of nitrogens with two attached hydrogens (primary N) is 1. The lowest BCUT2D eigenvalue weighted by atomic mass is 10.0. The molecule has 0 aliphatic carbocycles. The molecule has 1 aromatic heterocycles. The van der Waals surface area contributed by atoms with E-state index >= 15 is 0 Å². The van der Waals surface area contributed by atoms with Gasteiger partial charge in [-0.3, -0.25) is 9.59 Å². The third kappa shape index (κ3) is 4.07. The third-order valence-electron chi connectivity index (χ3n) is 4.13. The van der Waals surface area contributed by atoms with Crippen LogP contribution in [0.2, 0.25) is 0 Å². The van der Waals surface area contributed by atoms with Gasteiger partial charge in [0.15, 0.2) is 0 Å². The monoisotopic (exact) mass is 401 g/mol. The van der Waals surface area contributed by atoms with Crippen LogP contribution in [0.25, 0.3) is 10.6 Å². The zero-order chi connectivity index (χ0) is 20.4. The van der Waals surface area contributed by atoms with Crippen LogP contribution < -0.4 is 11.1 Å². The van der Waals surface area contributed by atoms with Crippen LogP contribution in [0.1, 0.15) is 46.2 Å². The molecule has 0 spiro atoms. The molecule has 1 heterocycles. The lowest BCUT2D eigenvalue weighted by molar-refractivity contribution is 0.0992. The van der Waals surface area contributed by atoms with E-state index in [1.165, 1.54) is 22.3 Å². The molecule has 0 aliphatic heterocycles. The van der Waals surface area contributed by atoms with E-state index < -0.39 is 29.0 Å². The summed E-state index contributed by atoms with van der Waals surface area (Å²) in [5, 5.41) is 4.47. The molecule has 0 atom stereocenters. The van der Waals surface area contributed by atoms with E-state index in [-0.39, 0.29) is 11.4 Å². The molecule has 0 unspecified atom stereocenters. The molecule has 2 aromatic carbocycles. The Hall–Kier alpha value is -3.13. The molecule has 28 heavy (non-hydrogen) atoms. The van der Waals surface area contributed by atoms with E-state index in [2.05, 4.69) is 24.1 Å². The first-order valence-corrected chi connectivity index (χ1v) is 9.30. The van der Waals surface area contributed by atoms with Gasteiger partial charge >= 0.3 is 0 Å². The van der Waals surface area contributed by atoms with Crippen molar-refractivity contribution in [3.63, 3.8) is 0 Å². The van der Waals surface area contributed by atoms with Gasteiger partial charge < -0.3 is 11.1 Å². The van der Waals surface area contributed by atoms with Crippen molar-refractivity contribution in [1.82, 2.24) is 4.98 Å². The largest absolute Gasteiger partial charge is 0.366 e. The summed E-state index contributed by atoms with van der Waals surface area (Å²) >= 11 is 1.27. The van der Waals surface area contributed by atoms with E-state index in [1.54, 1.807) is 0 Å². The van der Waals surface area contributed by atoms with Gasteiger partial charge in [0.1, 0.15) is 22.3 Å². The number of primary amides is 1. The summed E-state index contributed by atoms with van der Waals surface area (Å²) in [4.78, 5) is 27.9. The second-order valence-corrected chi connectivity index (χ2v) is 7.30. The van der Waals surface area contributed by atoms with Crippen molar-refractivity contribution in [2.45, 2.75) is 19.8 Å². The molecular formula is C20H17F2N3O2S. The number of thiazole rings is 1. The van der Waals surface area contributed by atoms with Crippen LogP contribution in [-0.2, 0) is 0 Å². The van der Waals surface area contributed by atoms with Gasteiger partial charge in [0.25, 0.3) is 11.8 Å². The molecule has 0 saturated carbocycles. The number of rotatable bonds is 5. The summed E-state index contributed by atoms with van der Waals surface area (Å²) in [6, 6.07) is 9.21. The number of hydrogen-bond acceptors (Lipinski definition) is 4. The average Bonchev–Trinajstić information content (AvgIpc) is 3.14. The van der Waals surface area contributed by atoms with Gasteiger partial charge in [-0.05, 0) is 17.5 Å². The Balaban J connectivity index is 1.81. The van der Waals surface area contributed by atoms with Gasteiger partial charge in [-0.15, -0.1) is 11.3 Å². The standard InChI is InChI=1S/C20H17F2N3O2S/c1-10(2)11-3-5-12(6-4-11)20-25-17(9-28-20)19(27)24-16-7-13(18(23)26)14(21)8-15(16)22/h3-10H,1-2H3,(H2,23,26)(H,24,27). The number of benzene rings is 2. The van der Waals surface area contributed by atoms with Crippen LogP contribution in [0.4, 0.5) is 14.5 Å². The number of aromatic nitrogens is 1. The summed E-state index contributed by atoms with van der Waals surface area (Å²) in [6.45, 7) is 4.19. The Labute approximate surface area is 164 Å². The Kier molecular flexibility index (Phi) is 5.51. The predicted octanol–water partition coefficient (Wildman–Crippen LogP) is 4.56. The van der Waals surface area contributed by atoms with E-state index in [0.29, 0.717) is 17.0 Å². The summed E-state index contributed by atoms with van der Waals surface area (Å²) in [5.41, 5.74) is 6.31. The fourth-order valence-electron chi connectivity index (χ4n) is 2.54. The summed E-state index contributed by atoms with van der Waals surface area (Å²) in [7, 11) is 0. The topological polar surface area (TPSA) is 85.1 Å². The molecule has 0 radical (unpaired) electrons. The maximum Gasteiger partial charge on any atom is 0.275 e. The van der Waals surface area contributed by atoms with Crippen molar-refractivity contribution in [2.75, 3.05) is 5.32 Å². The smallest absolute Gasteiger partial charge is 0.275 e. The maximum atomic E-state index is 13.9. The van der Waals surface area contributed by atoms with Gasteiger partial charge in [0.05, 0.1) is 11.3 Å². The first-order valence-electron chi connectivity index (χ1n) is 8.42. The first kappa shape index (κ1) is 19.6. The first-order chi connectivity index (χ1) is 13.3. The maximum absolute atomic E-state index is 13.9. The van der Waals surface area contributed by atoms with Gasteiger partial charge in [-0.1, -0.05) is 38.1 Å². The van der Waals surface area contributed by atoms with Crippen LogP contribution >= 0.6 is 11.3 Å². The lowest BCUT2D eigenvalue weighted by Crippen LogP contribution is -2.17. The predicted molar refractivity (Wildman–Crippen MR) is 104 cm³/mol. The van der Waals surface area contributed by atoms with Crippen molar-refractivity contribution in [3.05, 3.63) is 70.2 Å². The molecule has 3 rings (SSSR count). The van der Waals surface area contributed by atoms with Crippen molar-refractivity contribution in [3.8, 4) is 10.6 Å². The highest BCUT2D eigenvalue weighted by Crippen LogP contribution is 2.26. The number of carbonyl (C=O) groups is 2. The minimum absolute atomic E-state index is 0.0808. The van der Waals surface area contributed by atoms with Gasteiger partial charge in [0.2, 0.25) is 0 Å². The Morgan fingerprint density at radius 2 is 1.79 bits per heavy atom. The second kappa shape index (κ2) is 7.85. The second-order valence-electron chi connectivity index (χ2n) is 6.44. The molecule has 144 valence electrons. The van der Waals surface area contributed by atoms with Crippen molar-refractivity contribution < 1.29 is 18.4 Å². The van der Waals surface area contributed by atoms with Crippen molar-refractivity contribution >= 4 is 28.8 Å². The van der Waals surface area contributed by atoms with E-state index in [4.69, 9.17) is 5.73 Å².